The van der Waals surface area contributed by atoms with Crippen molar-refractivity contribution in [3.05, 3.63) is 35.4 Å². The van der Waals surface area contributed by atoms with Gasteiger partial charge < -0.3 is 15.0 Å². The molecule has 152 valence electrons. The maximum atomic E-state index is 12.9. The Hall–Kier alpha value is -2.37. The topological polar surface area (TPSA) is 75.7 Å². The average Bonchev–Trinajstić information content (AvgIpc) is 3.05. The monoisotopic (exact) mass is 386 g/mol. The van der Waals surface area contributed by atoms with Crippen molar-refractivity contribution in [3.63, 3.8) is 0 Å². The van der Waals surface area contributed by atoms with E-state index in [2.05, 4.69) is 5.32 Å². The molecule has 1 N–H and O–H groups in total. The standard InChI is InChI=1S/C22H30N2O4/c1-3-28-21(27)22(11-5-4-6-12-22)23-20(26)18-13-19(25)24(15-18)14-17-9-7-16(2)8-10-17/h7-10,18H,3-6,11-15H2,1-2H3,(H,23,26). The molecule has 6 nitrogen and oxygen atoms in total. The molecular formula is C22H30N2O4. The molecule has 0 bridgehead atoms. The second kappa shape index (κ2) is 8.76. The van der Waals surface area contributed by atoms with Crippen LogP contribution >= 0.6 is 0 Å². The van der Waals surface area contributed by atoms with Gasteiger partial charge in [-0.05, 0) is 32.3 Å². The van der Waals surface area contributed by atoms with Crippen molar-refractivity contribution in [3.8, 4) is 0 Å². The highest BCUT2D eigenvalue weighted by molar-refractivity contribution is 5.93. The fourth-order valence-electron chi connectivity index (χ4n) is 4.16. The van der Waals surface area contributed by atoms with Gasteiger partial charge in [0.15, 0.2) is 0 Å². The number of amides is 2. The zero-order valence-electron chi connectivity index (χ0n) is 16.8. The van der Waals surface area contributed by atoms with Crippen LogP contribution in [0.25, 0.3) is 0 Å². The number of hydrogen-bond donors (Lipinski definition) is 1. The van der Waals surface area contributed by atoms with Crippen molar-refractivity contribution in [1.29, 1.82) is 0 Å². The number of benzene rings is 1. The summed E-state index contributed by atoms with van der Waals surface area (Å²) >= 11 is 0. The molecule has 1 aliphatic heterocycles. The molecule has 2 aliphatic rings. The number of likely N-dealkylation sites (tertiary alicyclic amines) is 1. The number of esters is 1. The predicted octanol–water partition coefficient (Wildman–Crippen LogP) is 2.73. The molecule has 1 saturated heterocycles. The van der Waals surface area contributed by atoms with Crippen molar-refractivity contribution in [2.24, 2.45) is 5.92 Å². The van der Waals surface area contributed by atoms with E-state index in [4.69, 9.17) is 4.74 Å². The van der Waals surface area contributed by atoms with Crippen LogP contribution in [0, 0.1) is 12.8 Å². The van der Waals surface area contributed by atoms with Crippen LogP contribution in [0.3, 0.4) is 0 Å². The lowest BCUT2D eigenvalue weighted by molar-refractivity contribution is -0.155. The number of nitrogens with zero attached hydrogens (tertiary/aromatic N) is 1. The third-order valence-corrected chi connectivity index (χ3v) is 5.82. The molecule has 1 aromatic carbocycles. The number of ether oxygens (including phenoxy) is 1. The minimum Gasteiger partial charge on any atom is -0.464 e. The van der Waals surface area contributed by atoms with Gasteiger partial charge in [0.25, 0.3) is 0 Å². The Morgan fingerprint density at radius 1 is 1.18 bits per heavy atom. The molecule has 6 heteroatoms. The molecule has 0 radical (unpaired) electrons. The first-order chi connectivity index (χ1) is 13.4. The van der Waals surface area contributed by atoms with Crippen LogP contribution in [0.2, 0.25) is 0 Å². The van der Waals surface area contributed by atoms with Crippen LogP contribution in [-0.4, -0.2) is 41.4 Å². The van der Waals surface area contributed by atoms with Crippen molar-refractivity contribution in [2.75, 3.05) is 13.2 Å². The molecule has 0 spiro atoms. The summed E-state index contributed by atoms with van der Waals surface area (Å²) in [7, 11) is 0. The number of carbonyl (C=O) groups excluding carboxylic acids is 3. The van der Waals surface area contributed by atoms with Crippen molar-refractivity contribution >= 4 is 17.8 Å². The van der Waals surface area contributed by atoms with Crippen molar-refractivity contribution < 1.29 is 19.1 Å². The van der Waals surface area contributed by atoms with Gasteiger partial charge in [-0.15, -0.1) is 0 Å². The number of carbonyl (C=O) groups is 3. The molecule has 28 heavy (non-hydrogen) atoms. The molecule has 2 fully saturated rings. The fourth-order valence-corrected chi connectivity index (χ4v) is 4.16. The molecule has 1 aliphatic carbocycles. The van der Waals surface area contributed by atoms with Gasteiger partial charge in [0.05, 0.1) is 12.5 Å². The smallest absolute Gasteiger partial charge is 0.331 e. The van der Waals surface area contributed by atoms with E-state index in [9.17, 15) is 14.4 Å². The van der Waals surface area contributed by atoms with Gasteiger partial charge in [-0.3, -0.25) is 9.59 Å². The van der Waals surface area contributed by atoms with E-state index in [1.165, 1.54) is 5.56 Å². The van der Waals surface area contributed by atoms with Gasteiger partial charge in [-0.25, -0.2) is 4.79 Å². The molecule has 2 amide bonds. The highest BCUT2D eigenvalue weighted by Gasteiger charge is 2.45. The molecule has 1 saturated carbocycles. The van der Waals surface area contributed by atoms with E-state index >= 15 is 0 Å². The summed E-state index contributed by atoms with van der Waals surface area (Å²) in [5.74, 6) is -1.00. The molecule has 1 heterocycles. The lowest BCUT2D eigenvalue weighted by atomic mass is 9.81. The zero-order valence-corrected chi connectivity index (χ0v) is 16.8. The molecule has 1 aromatic rings. The summed E-state index contributed by atoms with van der Waals surface area (Å²) in [5.41, 5.74) is 1.29. The summed E-state index contributed by atoms with van der Waals surface area (Å²) in [4.78, 5) is 39.6. The lowest BCUT2D eigenvalue weighted by Crippen LogP contribution is -2.57. The highest BCUT2D eigenvalue weighted by atomic mass is 16.5. The summed E-state index contributed by atoms with van der Waals surface area (Å²) in [5, 5.41) is 2.98. The van der Waals surface area contributed by atoms with E-state index in [0.29, 0.717) is 32.5 Å². The Kier molecular flexibility index (Phi) is 6.37. The van der Waals surface area contributed by atoms with Crippen LogP contribution in [0.4, 0.5) is 0 Å². The molecule has 0 aromatic heterocycles. The van der Waals surface area contributed by atoms with E-state index < -0.39 is 11.5 Å². The van der Waals surface area contributed by atoms with Gasteiger partial charge in [0.1, 0.15) is 5.54 Å². The molecule has 1 atom stereocenters. The number of nitrogens with one attached hydrogen (secondary N) is 1. The van der Waals surface area contributed by atoms with E-state index in [1.54, 1.807) is 11.8 Å². The second-order valence-electron chi connectivity index (χ2n) is 8.01. The van der Waals surface area contributed by atoms with Crippen LogP contribution in [0.15, 0.2) is 24.3 Å². The predicted molar refractivity (Wildman–Crippen MR) is 105 cm³/mol. The first-order valence-corrected chi connectivity index (χ1v) is 10.3. The van der Waals surface area contributed by atoms with Crippen molar-refractivity contribution in [2.45, 2.75) is 64.5 Å². The number of hydrogen-bond acceptors (Lipinski definition) is 4. The zero-order chi connectivity index (χ0) is 20.1. The Labute approximate surface area is 166 Å². The number of rotatable bonds is 6. The van der Waals surface area contributed by atoms with Crippen LogP contribution in [0.1, 0.15) is 56.6 Å². The second-order valence-corrected chi connectivity index (χ2v) is 8.01. The Balaban J connectivity index is 1.64. The molecular weight excluding hydrogens is 356 g/mol. The Morgan fingerprint density at radius 2 is 1.86 bits per heavy atom. The molecule has 3 rings (SSSR count). The van der Waals surface area contributed by atoms with E-state index in [1.807, 2.05) is 31.2 Å². The quantitative estimate of drug-likeness (QED) is 0.763. The largest absolute Gasteiger partial charge is 0.464 e. The SMILES string of the molecule is CCOC(=O)C1(NC(=O)C2CC(=O)N(Cc3ccc(C)cc3)C2)CCCCC1. The third kappa shape index (κ3) is 4.54. The highest BCUT2D eigenvalue weighted by Crippen LogP contribution is 2.31. The van der Waals surface area contributed by atoms with Gasteiger partial charge in [-0.1, -0.05) is 49.1 Å². The summed E-state index contributed by atoms with van der Waals surface area (Å²) in [6, 6.07) is 8.06. The van der Waals surface area contributed by atoms with Crippen molar-refractivity contribution in [1.82, 2.24) is 10.2 Å². The minimum atomic E-state index is -0.932. The average molecular weight is 386 g/mol. The van der Waals surface area contributed by atoms with Crippen LogP contribution < -0.4 is 5.32 Å². The number of aryl methyl sites for hydroxylation is 1. The maximum Gasteiger partial charge on any atom is 0.331 e. The first kappa shape index (κ1) is 20.4. The fraction of sp³-hybridized carbons (Fsp3) is 0.591. The third-order valence-electron chi connectivity index (χ3n) is 5.82. The van der Waals surface area contributed by atoms with E-state index in [-0.39, 0.29) is 24.2 Å². The van der Waals surface area contributed by atoms with E-state index in [0.717, 1.165) is 24.8 Å². The normalized spacial score (nSPS) is 21.4. The first-order valence-electron chi connectivity index (χ1n) is 10.3. The Morgan fingerprint density at radius 3 is 2.50 bits per heavy atom. The summed E-state index contributed by atoms with van der Waals surface area (Å²) < 4.78 is 5.25. The Bertz CT molecular complexity index is 723. The van der Waals surface area contributed by atoms with Gasteiger partial charge in [-0.2, -0.15) is 0 Å². The van der Waals surface area contributed by atoms with Gasteiger partial charge in [0, 0.05) is 19.5 Å². The van der Waals surface area contributed by atoms with Crippen LogP contribution in [0.5, 0.6) is 0 Å². The van der Waals surface area contributed by atoms with Gasteiger partial charge >= 0.3 is 5.97 Å². The molecule has 1 unspecified atom stereocenters. The van der Waals surface area contributed by atoms with Crippen LogP contribution in [-0.2, 0) is 25.7 Å². The summed E-state index contributed by atoms with van der Waals surface area (Å²) in [6.07, 6.45) is 4.24. The summed E-state index contributed by atoms with van der Waals surface area (Å²) in [6.45, 7) is 4.98. The minimum absolute atomic E-state index is 0.0189. The maximum absolute atomic E-state index is 12.9. The lowest BCUT2D eigenvalue weighted by Gasteiger charge is -2.36. The van der Waals surface area contributed by atoms with Gasteiger partial charge in [0.2, 0.25) is 11.8 Å².